The number of rotatable bonds is 5. The highest BCUT2D eigenvalue weighted by atomic mass is 16.5. The van der Waals surface area contributed by atoms with E-state index in [2.05, 4.69) is 5.10 Å². The van der Waals surface area contributed by atoms with Crippen molar-refractivity contribution < 1.29 is 9.53 Å². The van der Waals surface area contributed by atoms with Crippen LogP contribution in [0.2, 0.25) is 0 Å². The molecule has 1 aromatic heterocycles. The van der Waals surface area contributed by atoms with Crippen LogP contribution >= 0.6 is 0 Å². The molecule has 1 amide bonds. The molecule has 5 nitrogen and oxygen atoms in total. The van der Waals surface area contributed by atoms with Crippen LogP contribution in [-0.4, -0.2) is 40.8 Å². The monoisotopic (exact) mass is 287 g/mol. The van der Waals surface area contributed by atoms with Gasteiger partial charge in [0, 0.05) is 25.7 Å². The number of carbonyl (C=O) groups excluding carboxylic acids is 1. The van der Waals surface area contributed by atoms with E-state index in [0.717, 1.165) is 17.0 Å². The van der Waals surface area contributed by atoms with Crippen molar-refractivity contribution in [1.82, 2.24) is 14.7 Å². The molecule has 21 heavy (non-hydrogen) atoms. The first-order valence-electron chi connectivity index (χ1n) is 7.08. The Morgan fingerprint density at radius 1 is 1.24 bits per heavy atom. The Morgan fingerprint density at radius 3 is 2.38 bits per heavy atom. The van der Waals surface area contributed by atoms with Crippen LogP contribution in [0.1, 0.15) is 24.3 Å². The minimum atomic E-state index is 0.00904. The maximum Gasteiger partial charge on any atom is 0.272 e. The van der Waals surface area contributed by atoms with Gasteiger partial charge < -0.3 is 9.64 Å². The summed E-state index contributed by atoms with van der Waals surface area (Å²) in [6, 6.07) is 9.48. The lowest BCUT2D eigenvalue weighted by atomic mass is 10.1. The van der Waals surface area contributed by atoms with E-state index >= 15 is 0 Å². The maximum absolute atomic E-state index is 12.4. The van der Waals surface area contributed by atoms with Gasteiger partial charge in [0.2, 0.25) is 0 Å². The van der Waals surface area contributed by atoms with E-state index in [4.69, 9.17) is 4.74 Å². The second kappa shape index (κ2) is 6.43. The molecular formula is C16H21N3O2. The summed E-state index contributed by atoms with van der Waals surface area (Å²) in [6.07, 6.45) is 0. The maximum atomic E-state index is 12.4. The van der Waals surface area contributed by atoms with E-state index in [9.17, 15) is 4.79 Å². The third kappa shape index (κ3) is 3.07. The zero-order valence-electron chi connectivity index (χ0n) is 13.0. The van der Waals surface area contributed by atoms with Crippen molar-refractivity contribution in [3.05, 3.63) is 36.0 Å². The molecule has 0 N–H and O–H groups in total. The van der Waals surface area contributed by atoms with Crippen molar-refractivity contribution in [2.75, 3.05) is 20.2 Å². The van der Waals surface area contributed by atoms with Gasteiger partial charge in [-0.3, -0.25) is 9.48 Å². The molecular weight excluding hydrogens is 266 g/mol. The van der Waals surface area contributed by atoms with Crippen LogP contribution < -0.4 is 4.74 Å². The first kappa shape index (κ1) is 15.1. The molecule has 0 bridgehead atoms. The van der Waals surface area contributed by atoms with Crippen LogP contribution in [0.3, 0.4) is 0 Å². The second-order valence-corrected chi connectivity index (χ2v) is 4.74. The third-order valence-corrected chi connectivity index (χ3v) is 3.54. The van der Waals surface area contributed by atoms with Gasteiger partial charge in [-0.05, 0) is 44.2 Å². The molecule has 2 aromatic rings. The van der Waals surface area contributed by atoms with Gasteiger partial charge >= 0.3 is 0 Å². The van der Waals surface area contributed by atoms with Crippen LogP contribution in [0.4, 0.5) is 0 Å². The van der Waals surface area contributed by atoms with Crippen molar-refractivity contribution in [2.45, 2.75) is 13.8 Å². The fourth-order valence-corrected chi connectivity index (χ4v) is 2.24. The standard InChI is InChI=1S/C16H21N3O2/c1-5-19(6-2)16(20)15-11-14(17-18(15)3)12-7-9-13(21-4)10-8-12/h7-11H,5-6H2,1-4H3. The van der Waals surface area contributed by atoms with Crippen LogP contribution in [0, 0.1) is 0 Å². The number of benzene rings is 1. The third-order valence-electron chi connectivity index (χ3n) is 3.54. The van der Waals surface area contributed by atoms with E-state index in [1.807, 2.05) is 44.2 Å². The van der Waals surface area contributed by atoms with Crippen molar-refractivity contribution in [3.63, 3.8) is 0 Å². The highest BCUT2D eigenvalue weighted by Crippen LogP contribution is 2.22. The van der Waals surface area contributed by atoms with Gasteiger partial charge in [-0.2, -0.15) is 5.10 Å². The van der Waals surface area contributed by atoms with E-state index in [0.29, 0.717) is 18.8 Å². The summed E-state index contributed by atoms with van der Waals surface area (Å²) in [6.45, 7) is 5.33. The van der Waals surface area contributed by atoms with Gasteiger partial charge in [0.1, 0.15) is 11.4 Å². The summed E-state index contributed by atoms with van der Waals surface area (Å²) in [7, 11) is 3.43. The summed E-state index contributed by atoms with van der Waals surface area (Å²) in [5.41, 5.74) is 2.35. The molecule has 0 atom stereocenters. The predicted octanol–water partition coefficient (Wildman–Crippen LogP) is 2.58. The average molecular weight is 287 g/mol. The van der Waals surface area contributed by atoms with Crippen molar-refractivity contribution >= 4 is 5.91 Å². The molecule has 0 fully saturated rings. The molecule has 1 aromatic carbocycles. The number of nitrogens with zero attached hydrogens (tertiary/aromatic N) is 3. The number of hydrogen-bond acceptors (Lipinski definition) is 3. The Morgan fingerprint density at radius 2 is 1.86 bits per heavy atom. The van der Waals surface area contributed by atoms with Gasteiger partial charge in [0.15, 0.2) is 0 Å². The van der Waals surface area contributed by atoms with Gasteiger partial charge in [0.25, 0.3) is 5.91 Å². The van der Waals surface area contributed by atoms with Crippen LogP contribution in [0.15, 0.2) is 30.3 Å². The summed E-state index contributed by atoms with van der Waals surface area (Å²) in [5.74, 6) is 0.809. The first-order chi connectivity index (χ1) is 10.1. The van der Waals surface area contributed by atoms with Crippen molar-refractivity contribution in [2.24, 2.45) is 7.05 Å². The molecule has 0 radical (unpaired) electrons. The first-order valence-corrected chi connectivity index (χ1v) is 7.08. The second-order valence-electron chi connectivity index (χ2n) is 4.74. The minimum absolute atomic E-state index is 0.00904. The van der Waals surface area contributed by atoms with Gasteiger partial charge in [-0.1, -0.05) is 0 Å². The minimum Gasteiger partial charge on any atom is -0.497 e. The molecule has 0 spiro atoms. The molecule has 112 valence electrons. The fourth-order valence-electron chi connectivity index (χ4n) is 2.24. The largest absolute Gasteiger partial charge is 0.497 e. The Balaban J connectivity index is 2.31. The summed E-state index contributed by atoms with van der Waals surface area (Å²) in [4.78, 5) is 14.2. The van der Waals surface area contributed by atoms with Gasteiger partial charge in [0.05, 0.1) is 12.8 Å². The van der Waals surface area contributed by atoms with E-state index in [1.54, 1.807) is 23.7 Å². The zero-order valence-corrected chi connectivity index (χ0v) is 13.0. The van der Waals surface area contributed by atoms with E-state index in [-0.39, 0.29) is 5.91 Å². The summed E-state index contributed by atoms with van der Waals surface area (Å²) < 4.78 is 6.79. The Hall–Kier alpha value is -2.30. The number of ether oxygens (including phenoxy) is 1. The molecule has 0 unspecified atom stereocenters. The molecule has 0 saturated carbocycles. The molecule has 0 aliphatic rings. The van der Waals surface area contributed by atoms with Crippen LogP contribution in [0.5, 0.6) is 5.75 Å². The normalized spacial score (nSPS) is 10.5. The van der Waals surface area contributed by atoms with Crippen molar-refractivity contribution in [1.29, 1.82) is 0 Å². The Labute approximate surface area is 125 Å². The van der Waals surface area contributed by atoms with E-state index < -0.39 is 0 Å². The predicted molar refractivity (Wildman–Crippen MR) is 82.4 cm³/mol. The molecule has 0 aliphatic carbocycles. The lowest BCUT2D eigenvalue weighted by Crippen LogP contribution is -2.31. The number of hydrogen-bond donors (Lipinski definition) is 0. The summed E-state index contributed by atoms with van der Waals surface area (Å²) >= 11 is 0. The SMILES string of the molecule is CCN(CC)C(=O)c1cc(-c2ccc(OC)cc2)nn1C. The lowest BCUT2D eigenvalue weighted by molar-refractivity contribution is 0.0762. The number of amides is 1. The molecule has 0 aliphatic heterocycles. The fraction of sp³-hybridized carbons (Fsp3) is 0.375. The van der Waals surface area contributed by atoms with Crippen molar-refractivity contribution in [3.8, 4) is 17.0 Å². The van der Waals surface area contributed by atoms with Crippen LogP contribution in [0.25, 0.3) is 11.3 Å². The number of aryl methyl sites for hydroxylation is 1. The van der Waals surface area contributed by atoms with Gasteiger partial charge in [-0.25, -0.2) is 0 Å². The molecule has 0 saturated heterocycles. The Bertz CT molecular complexity index is 613. The lowest BCUT2D eigenvalue weighted by Gasteiger charge is -2.18. The Kier molecular flexibility index (Phi) is 4.62. The molecule has 2 rings (SSSR count). The quantitative estimate of drug-likeness (QED) is 0.849. The van der Waals surface area contributed by atoms with Crippen LogP contribution in [-0.2, 0) is 7.05 Å². The van der Waals surface area contributed by atoms with E-state index in [1.165, 1.54) is 0 Å². The zero-order chi connectivity index (χ0) is 15.4. The smallest absolute Gasteiger partial charge is 0.272 e. The molecule has 5 heteroatoms. The number of methoxy groups -OCH3 is 1. The highest BCUT2D eigenvalue weighted by molar-refractivity contribution is 5.93. The number of carbonyl (C=O) groups is 1. The summed E-state index contributed by atoms with van der Waals surface area (Å²) in [5, 5.41) is 4.44. The topological polar surface area (TPSA) is 47.4 Å². The highest BCUT2D eigenvalue weighted by Gasteiger charge is 2.18. The van der Waals surface area contributed by atoms with Gasteiger partial charge in [-0.15, -0.1) is 0 Å². The average Bonchev–Trinajstić information content (AvgIpc) is 2.90. The number of aromatic nitrogens is 2. The molecule has 1 heterocycles.